The molecule has 0 N–H and O–H groups in total. The van der Waals surface area contributed by atoms with Crippen LogP contribution in [-0.4, -0.2) is 31.8 Å². The summed E-state index contributed by atoms with van der Waals surface area (Å²) in [5.74, 6) is -1.16. The molecule has 3 rings (SSSR count). The van der Waals surface area contributed by atoms with Gasteiger partial charge in [-0.1, -0.05) is 17.3 Å². The van der Waals surface area contributed by atoms with Gasteiger partial charge in [0.2, 0.25) is 0 Å². The van der Waals surface area contributed by atoms with Gasteiger partial charge in [0.1, 0.15) is 0 Å². The second-order valence-corrected chi connectivity index (χ2v) is 8.22. The zero-order chi connectivity index (χ0) is 18.1. The third kappa shape index (κ3) is 4.25. The fraction of sp³-hybridized carbons (Fsp3) is 0.400. The molecule has 1 saturated heterocycles. The van der Waals surface area contributed by atoms with Gasteiger partial charge in [-0.3, -0.25) is 4.79 Å². The predicted octanol–water partition coefficient (Wildman–Crippen LogP) is 3.08. The lowest BCUT2D eigenvalue weighted by Gasteiger charge is -2.02. The Kier molecular flexibility index (Phi) is 4.63. The van der Waals surface area contributed by atoms with E-state index in [2.05, 4.69) is 19.0 Å². The molecule has 1 aliphatic heterocycles. The summed E-state index contributed by atoms with van der Waals surface area (Å²) in [7, 11) is -2.43. The highest BCUT2D eigenvalue weighted by molar-refractivity contribution is 7.94. The number of nitrogens with zero attached hydrogens (tertiary/aromatic N) is 3. The molecule has 0 bridgehead atoms. The van der Waals surface area contributed by atoms with E-state index in [9.17, 15) is 22.2 Å². The molecule has 1 aromatic heterocycles. The first kappa shape index (κ1) is 17.6. The smallest absolute Gasteiger partial charge is 0.329 e. The summed E-state index contributed by atoms with van der Waals surface area (Å²) < 4.78 is 57.5. The van der Waals surface area contributed by atoms with Crippen molar-refractivity contribution in [3.05, 3.63) is 47.1 Å². The van der Waals surface area contributed by atoms with Crippen LogP contribution in [0.1, 0.15) is 40.5 Å². The highest BCUT2D eigenvalue weighted by atomic mass is 32.2. The normalized spacial score (nSPS) is 16.8. The van der Waals surface area contributed by atoms with Crippen LogP contribution in [0, 0.1) is 0 Å². The highest BCUT2D eigenvalue weighted by Gasteiger charge is 2.38. The lowest BCUT2D eigenvalue weighted by molar-refractivity contribution is -0.159. The van der Waals surface area contributed by atoms with Crippen molar-refractivity contribution in [3.8, 4) is 0 Å². The van der Waals surface area contributed by atoms with Gasteiger partial charge in [-0.25, -0.2) is 4.21 Å². The van der Waals surface area contributed by atoms with Crippen LogP contribution in [0.15, 0.2) is 33.2 Å². The number of rotatable bonds is 3. The minimum Gasteiger partial charge on any atom is -0.329 e. The van der Waals surface area contributed by atoms with E-state index < -0.39 is 27.7 Å². The van der Waals surface area contributed by atoms with Crippen molar-refractivity contribution < 1.29 is 26.7 Å². The number of benzene rings is 1. The van der Waals surface area contributed by atoms with Crippen LogP contribution in [0.2, 0.25) is 0 Å². The van der Waals surface area contributed by atoms with Crippen LogP contribution in [0.25, 0.3) is 0 Å². The van der Waals surface area contributed by atoms with Crippen molar-refractivity contribution in [2.75, 3.05) is 11.5 Å². The Hall–Kier alpha value is -2.23. The maximum atomic E-state index is 12.4. The van der Waals surface area contributed by atoms with Crippen molar-refractivity contribution >= 4 is 15.6 Å². The van der Waals surface area contributed by atoms with E-state index in [1.54, 1.807) is 12.1 Å². The largest absolute Gasteiger partial charge is 0.471 e. The molecule has 134 valence electrons. The Morgan fingerprint density at radius 1 is 1.20 bits per heavy atom. The molecule has 0 aliphatic carbocycles. The van der Waals surface area contributed by atoms with E-state index in [1.165, 1.54) is 12.1 Å². The predicted molar refractivity (Wildman–Crippen MR) is 82.4 cm³/mol. The molecule has 2 heterocycles. The molecule has 1 aromatic carbocycles. The SMILES string of the molecule is O=C(N=S1(=O)CCCC1)c1ccc(Cc2noc(C(F)(F)F)n2)cc1. The first-order chi connectivity index (χ1) is 11.8. The Labute approximate surface area is 141 Å². The van der Waals surface area contributed by atoms with Crippen molar-refractivity contribution in [2.45, 2.75) is 25.4 Å². The molecule has 1 aliphatic rings. The van der Waals surface area contributed by atoms with Crippen molar-refractivity contribution in [3.63, 3.8) is 0 Å². The molecule has 1 fully saturated rings. The number of halogens is 3. The Morgan fingerprint density at radius 3 is 2.40 bits per heavy atom. The van der Waals surface area contributed by atoms with Crippen molar-refractivity contribution in [1.29, 1.82) is 0 Å². The van der Waals surface area contributed by atoms with Crippen molar-refractivity contribution in [1.82, 2.24) is 10.1 Å². The van der Waals surface area contributed by atoms with E-state index in [4.69, 9.17) is 0 Å². The summed E-state index contributed by atoms with van der Waals surface area (Å²) in [4.78, 5) is 15.4. The second kappa shape index (κ2) is 6.58. The molecule has 0 saturated carbocycles. The van der Waals surface area contributed by atoms with Gasteiger partial charge in [0.05, 0.1) is 9.73 Å². The van der Waals surface area contributed by atoms with E-state index >= 15 is 0 Å². The summed E-state index contributed by atoms with van der Waals surface area (Å²) in [6.07, 6.45) is -3.04. The van der Waals surface area contributed by atoms with Gasteiger partial charge in [-0.15, -0.1) is 0 Å². The quantitative estimate of drug-likeness (QED) is 0.825. The van der Waals surface area contributed by atoms with Gasteiger partial charge in [-0.05, 0) is 30.5 Å². The lowest BCUT2D eigenvalue weighted by atomic mass is 10.1. The number of alkyl halides is 3. The Morgan fingerprint density at radius 2 is 1.84 bits per heavy atom. The van der Waals surface area contributed by atoms with E-state index in [-0.39, 0.29) is 17.8 Å². The molecule has 6 nitrogen and oxygen atoms in total. The van der Waals surface area contributed by atoms with Gasteiger partial charge in [0.25, 0.3) is 5.91 Å². The van der Waals surface area contributed by atoms with Gasteiger partial charge in [-0.2, -0.15) is 22.5 Å². The molecule has 0 atom stereocenters. The Balaban J connectivity index is 1.71. The Bertz CT molecular complexity index is 885. The topological polar surface area (TPSA) is 85.4 Å². The highest BCUT2D eigenvalue weighted by Crippen LogP contribution is 2.27. The van der Waals surface area contributed by atoms with Gasteiger partial charge in [0, 0.05) is 23.5 Å². The molecule has 0 spiro atoms. The number of carbonyl (C=O) groups excluding carboxylic acids is 1. The number of hydrogen-bond acceptors (Lipinski definition) is 5. The number of carbonyl (C=O) groups is 1. The van der Waals surface area contributed by atoms with E-state index in [0.29, 0.717) is 17.1 Å². The molecular weight excluding hydrogens is 359 g/mol. The average Bonchev–Trinajstić information content (AvgIpc) is 3.17. The fourth-order valence-corrected chi connectivity index (χ4v) is 4.55. The standard InChI is InChI=1S/C15H14F3N3O3S/c16-15(17,18)14-19-12(20-24-14)9-10-3-5-11(6-4-10)13(22)21-25(23)7-1-2-8-25/h3-6H,1-2,7-9H2. The summed E-state index contributed by atoms with van der Waals surface area (Å²) in [6.45, 7) is 0. The average molecular weight is 373 g/mol. The number of hydrogen-bond donors (Lipinski definition) is 0. The summed E-state index contributed by atoms with van der Waals surface area (Å²) in [5.41, 5.74) is 0.888. The van der Waals surface area contributed by atoms with Crippen LogP contribution < -0.4 is 0 Å². The first-order valence-corrected chi connectivity index (χ1v) is 9.36. The zero-order valence-electron chi connectivity index (χ0n) is 13.0. The molecule has 2 aromatic rings. The second-order valence-electron chi connectivity index (χ2n) is 5.67. The van der Waals surface area contributed by atoms with Crippen LogP contribution in [0.3, 0.4) is 0 Å². The van der Waals surface area contributed by atoms with Crippen molar-refractivity contribution in [2.24, 2.45) is 4.36 Å². The molecule has 10 heteroatoms. The zero-order valence-corrected chi connectivity index (χ0v) is 13.8. The third-order valence-electron chi connectivity index (χ3n) is 3.70. The van der Waals surface area contributed by atoms with Crippen LogP contribution in [-0.2, 0) is 22.3 Å². The first-order valence-electron chi connectivity index (χ1n) is 7.51. The fourth-order valence-electron chi connectivity index (χ4n) is 2.44. The maximum Gasteiger partial charge on any atom is 0.471 e. The van der Waals surface area contributed by atoms with Crippen LogP contribution in [0.4, 0.5) is 13.2 Å². The molecular formula is C15H14F3N3O3S. The van der Waals surface area contributed by atoms with E-state index in [1.807, 2.05) is 0 Å². The minimum absolute atomic E-state index is 0.0297. The third-order valence-corrected chi connectivity index (χ3v) is 6.05. The molecule has 0 unspecified atom stereocenters. The minimum atomic E-state index is -4.68. The van der Waals surface area contributed by atoms with Gasteiger partial charge >= 0.3 is 12.1 Å². The summed E-state index contributed by atoms with van der Waals surface area (Å²) >= 11 is 0. The van der Waals surface area contributed by atoms with Gasteiger partial charge in [0.15, 0.2) is 5.82 Å². The summed E-state index contributed by atoms with van der Waals surface area (Å²) in [6, 6.07) is 6.11. The van der Waals surface area contributed by atoms with Gasteiger partial charge < -0.3 is 4.52 Å². The molecule has 0 radical (unpaired) electrons. The lowest BCUT2D eigenvalue weighted by Crippen LogP contribution is -2.06. The summed E-state index contributed by atoms with van der Waals surface area (Å²) in [5, 5.41) is 3.28. The number of amides is 1. The molecule has 1 amide bonds. The number of aromatic nitrogens is 2. The monoisotopic (exact) mass is 373 g/mol. The van der Waals surface area contributed by atoms with E-state index in [0.717, 1.165) is 12.8 Å². The van der Waals surface area contributed by atoms with Crippen LogP contribution >= 0.6 is 0 Å². The van der Waals surface area contributed by atoms with Crippen LogP contribution in [0.5, 0.6) is 0 Å². The maximum absolute atomic E-state index is 12.4. The molecule has 25 heavy (non-hydrogen) atoms.